The van der Waals surface area contributed by atoms with Gasteiger partial charge in [-0.1, -0.05) is 30.3 Å². The fourth-order valence-electron chi connectivity index (χ4n) is 5.92. The van der Waals surface area contributed by atoms with Crippen molar-refractivity contribution < 1.29 is 47.6 Å². The molecule has 1 aliphatic heterocycles. The van der Waals surface area contributed by atoms with Crippen molar-refractivity contribution in [2.45, 2.75) is 40.0 Å². The quantitative estimate of drug-likeness (QED) is 0.0133. The molecule has 4 N–H and O–H groups in total. The lowest BCUT2D eigenvalue weighted by Crippen LogP contribution is -2.37. The van der Waals surface area contributed by atoms with Crippen LogP contribution in [0.5, 0.6) is 0 Å². The number of carbonyl (C=O) groups excluding carboxylic acids is 4. The topological polar surface area (TPSA) is 200 Å². The number of hydrogen-bond donors (Lipinski definition) is 2. The zero-order valence-electron chi connectivity index (χ0n) is 39.5. The standard InChI is InChI=1S/C17H20N2O2S2.C17H20O4S2.C9H14Cl2O4.C4H3BrS.H4N2/c1-17(7-8-21-10-9-20-2)15(13-5-3-11-22-13)18-19-16(17)14-6-4-12-23-14;1-17(7-8-21-10-9-20-2,15(18)13-5-3-11-22-13)16(19)14-6-4-12-23-14;1-9(7(10)12,8(11)13)3-4-15-6-5-14-2;5-4-2-1-3-6-4;1-2/h2*3-6,11-12H,7-10H2,1-2H3;3-6H2,1-2H3;1-3H;1-2H2. The number of nitrogens with zero attached hydrogens (tertiary/aromatic N) is 2. The van der Waals surface area contributed by atoms with E-state index in [9.17, 15) is 19.2 Å². The number of Topliss-reactive ketones (excluding diaryl/α,β-unsaturated/α-hetero) is 2. The van der Waals surface area contributed by atoms with Crippen molar-refractivity contribution >= 4 is 129 Å². The van der Waals surface area contributed by atoms with Gasteiger partial charge < -0.3 is 28.4 Å². The summed E-state index contributed by atoms with van der Waals surface area (Å²) in [5.41, 5.74) is -0.598. The van der Waals surface area contributed by atoms with E-state index in [0.29, 0.717) is 69.0 Å². The highest BCUT2D eigenvalue weighted by Crippen LogP contribution is 2.39. The molecule has 0 aromatic carbocycles. The van der Waals surface area contributed by atoms with Gasteiger partial charge in [0, 0.05) is 41.2 Å². The first-order valence-corrected chi connectivity index (χ1v) is 27.2. The lowest BCUT2D eigenvalue weighted by atomic mass is 9.76. The van der Waals surface area contributed by atoms with E-state index in [-0.39, 0.29) is 30.0 Å². The molecule has 0 fully saturated rings. The maximum atomic E-state index is 12.9. The Hall–Kier alpha value is -2.74. The third kappa shape index (κ3) is 20.4. The Morgan fingerprint density at radius 3 is 1.26 bits per heavy atom. The Morgan fingerprint density at radius 1 is 0.565 bits per heavy atom. The van der Waals surface area contributed by atoms with E-state index in [4.69, 9.17) is 51.6 Å². The highest BCUT2D eigenvalue weighted by atomic mass is 79.9. The molecule has 0 amide bonds. The van der Waals surface area contributed by atoms with E-state index in [0.717, 1.165) is 17.8 Å². The first-order valence-electron chi connectivity index (χ1n) is 21.2. The number of hydrazine groups is 1. The van der Waals surface area contributed by atoms with Gasteiger partial charge in [-0.05, 0) is 136 Å². The number of ketones is 2. The second-order valence-corrected chi connectivity index (χ2v) is 21.8. The lowest BCUT2D eigenvalue weighted by Gasteiger charge is -2.27. The van der Waals surface area contributed by atoms with Crippen LogP contribution in [0.1, 0.15) is 69.1 Å². The van der Waals surface area contributed by atoms with Crippen LogP contribution in [0, 0.1) is 16.2 Å². The van der Waals surface area contributed by atoms with Crippen molar-refractivity contribution in [1.29, 1.82) is 0 Å². The van der Waals surface area contributed by atoms with Gasteiger partial charge in [-0.25, -0.2) is 0 Å². The van der Waals surface area contributed by atoms with Crippen LogP contribution in [-0.4, -0.2) is 114 Å². The fourth-order valence-corrected chi connectivity index (χ4v) is 10.5. The molecule has 69 heavy (non-hydrogen) atoms. The van der Waals surface area contributed by atoms with E-state index in [1.165, 1.54) is 43.1 Å². The molecule has 0 atom stereocenters. The summed E-state index contributed by atoms with van der Waals surface area (Å²) in [6, 6.07) is 19.5. The summed E-state index contributed by atoms with van der Waals surface area (Å²) in [5.74, 6) is 7.72. The van der Waals surface area contributed by atoms with Crippen molar-refractivity contribution in [3.8, 4) is 0 Å². The molecular weight excluding hydrogens is 1090 g/mol. The molecule has 380 valence electrons. The molecule has 0 saturated carbocycles. The van der Waals surface area contributed by atoms with Crippen LogP contribution >= 0.6 is 95.8 Å². The monoisotopic (exact) mass is 1150 g/mol. The average Bonchev–Trinajstić information content (AvgIpc) is 4.21. The molecule has 0 bridgehead atoms. The van der Waals surface area contributed by atoms with E-state index in [1.807, 2.05) is 40.4 Å². The van der Waals surface area contributed by atoms with Crippen molar-refractivity contribution in [3.63, 3.8) is 0 Å². The normalized spacial score (nSPS) is 12.7. The molecule has 14 nitrogen and oxygen atoms in total. The molecule has 0 aliphatic carbocycles. The average molecular weight is 1150 g/mol. The van der Waals surface area contributed by atoms with Gasteiger partial charge in [-0.2, -0.15) is 10.2 Å². The zero-order valence-corrected chi connectivity index (χ0v) is 46.6. The van der Waals surface area contributed by atoms with Crippen LogP contribution in [-0.2, 0) is 38.0 Å². The minimum Gasteiger partial charge on any atom is -0.382 e. The van der Waals surface area contributed by atoms with Gasteiger partial charge in [0.1, 0.15) is 5.41 Å². The maximum Gasteiger partial charge on any atom is 0.236 e. The number of nitrogens with two attached hydrogens (primary N) is 2. The highest BCUT2D eigenvalue weighted by Gasteiger charge is 2.44. The molecule has 6 rings (SSSR count). The summed E-state index contributed by atoms with van der Waals surface area (Å²) >= 11 is 21.7. The summed E-state index contributed by atoms with van der Waals surface area (Å²) in [6.45, 7) is 9.61. The van der Waals surface area contributed by atoms with Gasteiger partial charge >= 0.3 is 0 Å². The minimum atomic E-state index is -1.36. The predicted octanol–water partition coefficient (Wildman–Crippen LogP) is 10.9. The number of rotatable bonds is 26. The molecule has 0 unspecified atom stereocenters. The van der Waals surface area contributed by atoms with Crippen LogP contribution in [0.25, 0.3) is 0 Å². The maximum absolute atomic E-state index is 12.9. The Kier molecular flexibility index (Phi) is 31.3. The summed E-state index contributed by atoms with van der Waals surface area (Å²) in [6.07, 6.45) is 1.37. The van der Waals surface area contributed by atoms with Gasteiger partial charge in [-0.3, -0.25) is 30.9 Å². The number of methoxy groups -OCH3 is 3. The summed E-state index contributed by atoms with van der Waals surface area (Å²) in [4.78, 5) is 51.4. The van der Waals surface area contributed by atoms with E-state index < -0.39 is 21.3 Å². The molecule has 0 spiro atoms. The van der Waals surface area contributed by atoms with E-state index >= 15 is 0 Å². The molecule has 5 aromatic rings. The molecule has 0 saturated heterocycles. The second kappa shape index (κ2) is 34.6. The first kappa shape index (κ1) is 62.4. The van der Waals surface area contributed by atoms with Crippen molar-refractivity contribution in [1.82, 2.24) is 0 Å². The van der Waals surface area contributed by atoms with Gasteiger partial charge in [0.25, 0.3) is 0 Å². The third-order valence-corrected chi connectivity index (χ3v) is 16.0. The fraction of sp³-hybridized carbons (Fsp3) is 0.447. The molecule has 0 radical (unpaired) electrons. The molecular formula is C47H61BrCl2N4O10S5. The predicted molar refractivity (Wildman–Crippen MR) is 287 cm³/mol. The zero-order chi connectivity index (χ0) is 51.1. The molecule has 6 heterocycles. The van der Waals surface area contributed by atoms with E-state index in [2.05, 4.69) is 79.8 Å². The van der Waals surface area contributed by atoms with Crippen LogP contribution in [0.15, 0.2) is 102 Å². The number of halogens is 3. The Bertz CT molecular complexity index is 2100. The SMILES string of the molecule is Brc1cccs1.COCCOCCC(C)(C(=O)Cl)C(=O)Cl.COCCOCCC(C)(C(=O)c1cccs1)C(=O)c1cccs1.COCCOCCC1(C)C(c2cccs2)=NN=C1c1cccs1.NN. The van der Waals surface area contributed by atoms with Gasteiger partial charge in [0.2, 0.25) is 10.5 Å². The largest absolute Gasteiger partial charge is 0.382 e. The molecule has 5 aromatic heterocycles. The Balaban J connectivity index is 0.000000335. The summed E-state index contributed by atoms with van der Waals surface area (Å²) < 4.78 is 32.2. The van der Waals surface area contributed by atoms with Crippen molar-refractivity contribution in [3.05, 3.63) is 111 Å². The molecule has 22 heteroatoms. The Morgan fingerprint density at radius 2 is 0.942 bits per heavy atom. The molecule has 1 aliphatic rings. The second-order valence-electron chi connectivity index (χ2n) is 15.0. The number of hydrogen-bond acceptors (Lipinski definition) is 19. The van der Waals surface area contributed by atoms with Crippen LogP contribution in [0.4, 0.5) is 0 Å². The lowest BCUT2D eigenvalue weighted by molar-refractivity contribution is -0.131. The number of ether oxygens (including phenoxy) is 6. The highest BCUT2D eigenvalue weighted by molar-refractivity contribution is 9.11. The van der Waals surface area contributed by atoms with Crippen LogP contribution < -0.4 is 11.7 Å². The third-order valence-electron chi connectivity index (χ3n) is 10.2. The first-order chi connectivity index (χ1) is 33.2. The van der Waals surface area contributed by atoms with Crippen molar-refractivity contribution in [2.75, 3.05) is 80.8 Å². The van der Waals surface area contributed by atoms with Crippen LogP contribution in [0.2, 0.25) is 0 Å². The smallest absolute Gasteiger partial charge is 0.236 e. The van der Waals surface area contributed by atoms with E-state index in [1.54, 1.807) is 74.4 Å². The Labute approximate surface area is 443 Å². The van der Waals surface area contributed by atoms with Gasteiger partial charge in [0.05, 0.1) is 85.2 Å². The van der Waals surface area contributed by atoms with Crippen LogP contribution in [0.3, 0.4) is 0 Å². The summed E-state index contributed by atoms with van der Waals surface area (Å²) in [7, 11) is 4.84. The van der Waals surface area contributed by atoms with Gasteiger partial charge in [-0.15, -0.1) is 56.7 Å². The summed E-state index contributed by atoms with van der Waals surface area (Å²) in [5, 5.41) is 17.4. The number of thiophene rings is 5. The van der Waals surface area contributed by atoms with Gasteiger partial charge in [0.15, 0.2) is 11.6 Å². The minimum absolute atomic E-state index is 0.138. The number of carbonyl (C=O) groups is 4. The van der Waals surface area contributed by atoms with Crippen molar-refractivity contribution in [2.24, 2.45) is 38.1 Å².